The molecule has 2 rings (SSSR count). The third kappa shape index (κ3) is 3.26. The van der Waals surface area contributed by atoms with Crippen molar-refractivity contribution in [2.75, 3.05) is 19.7 Å². The highest BCUT2D eigenvalue weighted by Crippen LogP contribution is 2.32. The van der Waals surface area contributed by atoms with E-state index in [1.807, 2.05) is 0 Å². The minimum absolute atomic E-state index is 0.0171. The summed E-state index contributed by atoms with van der Waals surface area (Å²) in [7, 11) is 0. The lowest BCUT2D eigenvalue weighted by molar-refractivity contribution is -0.153. The quantitative estimate of drug-likeness (QED) is 0.804. The SMILES string of the molecule is O=C(O)C1CCCCC1C(=O)N1CCC(CO)CC1. The molecule has 2 aliphatic rings. The maximum Gasteiger partial charge on any atom is 0.307 e. The monoisotopic (exact) mass is 269 g/mol. The van der Waals surface area contributed by atoms with Gasteiger partial charge in [0.15, 0.2) is 0 Å². The van der Waals surface area contributed by atoms with Crippen LogP contribution in [-0.4, -0.2) is 46.7 Å². The number of hydrogen-bond donors (Lipinski definition) is 2. The van der Waals surface area contributed by atoms with Gasteiger partial charge in [0.25, 0.3) is 0 Å². The van der Waals surface area contributed by atoms with Crippen LogP contribution in [0.15, 0.2) is 0 Å². The predicted octanol–water partition coefficient (Wildman–Crippen LogP) is 1.11. The van der Waals surface area contributed by atoms with E-state index in [-0.39, 0.29) is 18.4 Å². The third-order valence-corrected chi connectivity index (χ3v) is 4.58. The number of carboxylic acids is 1. The number of aliphatic carboxylic acids is 1. The van der Waals surface area contributed by atoms with Crippen molar-refractivity contribution in [2.24, 2.45) is 17.8 Å². The lowest BCUT2D eigenvalue weighted by atomic mass is 9.78. The minimum atomic E-state index is -0.830. The molecule has 2 N–H and O–H groups in total. The van der Waals surface area contributed by atoms with Crippen molar-refractivity contribution in [1.82, 2.24) is 4.90 Å². The average molecular weight is 269 g/mol. The van der Waals surface area contributed by atoms with Crippen LogP contribution in [0.4, 0.5) is 0 Å². The van der Waals surface area contributed by atoms with Crippen molar-refractivity contribution < 1.29 is 19.8 Å². The first kappa shape index (κ1) is 14.3. The van der Waals surface area contributed by atoms with E-state index in [2.05, 4.69) is 0 Å². The number of carboxylic acid groups (broad SMARTS) is 1. The maximum absolute atomic E-state index is 12.5. The van der Waals surface area contributed by atoms with Gasteiger partial charge in [-0.2, -0.15) is 0 Å². The molecule has 2 atom stereocenters. The Hall–Kier alpha value is -1.10. The van der Waals surface area contributed by atoms with Crippen molar-refractivity contribution in [3.8, 4) is 0 Å². The largest absolute Gasteiger partial charge is 0.481 e. The number of carbonyl (C=O) groups is 2. The fourth-order valence-corrected chi connectivity index (χ4v) is 3.29. The summed E-state index contributed by atoms with van der Waals surface area (Å²) in [6, 6.07) is 0. The van der Waals surface area contributed by atoms with E-state index in [4.69, 9.17) is 5.11 Å². The van der Waals surface area contributed by atoms with Crippen LogP contribution in [0.2, 0.25) is 0 Å². The van der Waals surface area contributed by atoms with Gasteiger partial charge < -0.3 is 15.1 Å². The minimum Gasteiger partial charge on any atom is -0.481 e. The first-order chi connectivity index (χ1) is 9.13. The molecule has 0 radical (unpaired) electrons. The van der Waals surface area contributed by atoms with Gasteiger partial charge in [-0.1, -0.05) is 12.8 Å². The molecule has 1 heterocycles. The Kier molecular flexibility index (Phi) is 4.80. The summed E-state index contributed by atoms with van der Waals surface area (Å²) >= 11 is 0. The smallest absolute Gasteiger partial charge is 0.307 e. The number of rotatable bonds is 3. The van der Waals surface area contributed by atoms with Crippen LogP contribution in [0.1, 0.15) is 38.5 Å². The summed E-state index contributed by atoms with van der Waals surface area (Å²) < 4.78 is 0. The van der Waals surface area contributed by atoms with Gasteiger partial charge >= 0.3 is 5.97 Å². The van der Waals surface area contributed by atoms with E-state index in [0.29, 0.717) is 31.8 Å². The van der Waals surface area contributed by atoms with Gasteiger partial charge in [-0.25, -0.2) is 0 Å². The van der Waals surface area contributed by atoms with E-state index in [0.717, 1.165) is 25.7 Å². The summed E-state index contributed by atoms with van der Waals surface area (Å²) in [4.78, 5) is 25.5. The lowest BCUT2D eigenvalue weighted by Gasteiger charge is -2.36. The zero-order chi connectivity index (χ0) is 13.8. The van der Waals surface area contributed by atoms with Crippen LogP contribution in [0, 0.1) is 17.8 Å². The molecule has 1 aliphatic heterocycles. The van der Waals surface area contributed by atoms with Crippen LogP contribution in [0.25, 0.3) is 0 Å². The number of likely N-dealkylation sites (tertiary alicyclic amines) is 1. The van der Waals surface area contributed by atoms with Gasteiger partial charge in [0, 0.05) is 19.7 Å². The molecule has 108 valence electrons. The molecule has 0 spiro atoms. The number of aliphatic hydroxyl groups excluding tert-OH is 1. The molecule has 5 heteroatoms. The van der Waals surface area contributed by atoms with E-state index in [1.54, 1.807) is 4.90 Å². The number of hydrogen-bond acceptors (Lipinski definition) is 3. The van der Waals surface area contributed by atoms with E-state index >= 15 is 0 Å². The molecule has 2 unspecified atom stereocenters. The van der Waals surface area contributed by atoms with E-state index in [1.165, 1.54) is 0 Å². The van der Waals surface area contributed by atoms with Crippen LogP contribution >= 0.6 is 0 Å². The van der Waals surface area contributed by atoms with Gasteiger partial charge in [0.05, 0.1) is 11.8 Å². The standard InChI is InChI=1S/C14H23NO4/c16-9-10-5-7-15(8-6-10)13(17)11-3-1-2-4-12(11)14(18)19/h10-12,16H,1-9H2,(H,18,19). The molecule has 0 bridgehead atoms. The highest BCUT2D eigenvalue weighted by molar-refractivity contribution is 5.85. The molecule has 1 amide bonds. The summed E-state index contributed by atoms with van der Waals surface area (Å²) in [6.07, 6.45) is 4.84. The second-order valence-electron chi connectivity index (χ2n) is 5.79. The zero-order valence-electron chi connectivity index (χ0n) is 11.3. The number of piperidine rings is 1. The van der Waals surface area contributed by atoms with Gasteiger partial charge in [-0.3, -0.25) is 9.59 Å². The molecule has 5 nitrogen and oxygen atoms in total. The maximum atomic E-state index is 12.5. The first-order valence-electron chi connectivity index (χ1n) is 7.26. The first-order valence-corrected chi connectivity index (χ1v) is 7.26. The van der Waals surface area contributed by atoms with Crippen molar-refractivity contribution in [3.63, 3.8) is 0 Å². The highest BCUT2D eigenvalue weighted by atomic mass is 16.4. The van der Waals surface area contributed by atoms with E-state index < -0.39 is 11.9 Å². The van der Waals surface area contributed by atoms with Gasteiger partial charge in [-0.05, 0) is 31.6 Å². The molecule has 19 heavy (non-hydrogen) atoms. The number of nitrogens with zero attached hydrogens (tertiary/aromatic N) is 1. The van der Waals surface area contributed by atoms with Gasteiger partial charge in [0.2, 0.25) is 5.91 Å². The molecule has 2 fully saturated rings. The van der Waals surface area contributed by atoms with Crippen LogP contribution in [0.3, 0.4) is 0 Å². The summed E-state index contributed by atoms with van der Waals surface area (Å²) in [5.74, 6) is -1.36. The van der Waals surface area contributed by atoms with Crippen molar-refractivity contribution >= 4 is 11.9 Å². The van der Waals surface area contributed by atoms with Crippen molar-refractivity contribution in [2.45, 2.75) is 38.5 Å². The molecule has 0 aromatic carbocycles. The van der Waals surface area contributed by atoms with Crippen molar-refractivity contribution in [3.05, 3.63) is 0 Å². The number of amides is 1. The normalized spacial score (nSPS) is 29.2. The second-order valence-corrected chi connectivity index (χ2v) is 5.79. The molecular weight excluding hydrogens is 246 g/mol. The summed E-state index contributed by atoms with van der Waals surface area (Å²) in [5.41, 5.74) is 0. The van der Waals surface area contributed by atoms with Crippen LogP contribution in [-0.2, 0) is 9.59 Å². The molecule has 0 aromatic rings. The number of carbonyl (C=O) groups excluding carboxylic acids is 1. The third-order valence-electron chi connectivity index (χ3n) is 4.58. The van der Waals surface area contributed by atoms with Gasteiger partial charge in [0.1, 0.15) is 0 Å². The highest BCUT2D eigenvalue weighted by Gasteiger charge is 2.38. The van der Waals surface area contributed by atoms with E-state index in [9.17, 15) is 14.7 Å². The van der Waals surface area contributed by atoms with Crippen LogP contribution < -0.4 is 0 Å². The Morgan fingerprint density at radius 3 is 2.11 bits per heavy atom. The molecule has 1 aliphatic carbocycles. The topological polar surface area (TPSA) is 77.8 Å². The second kappa shape index (κ2) is 6.37. The average Bonchev–Trinajstić information content (AvgIpc) is 2.46. The Bertz CT molecular complexity index is 336. The molecule has 1 saturated carbocycles. The van der Waals surface area contributed by atoms with Crippen LogP contribution in [0.5, 0.6) is 0 Å². The van der Waals surface area contributed by atoms with Gasteiger partial charge in [-0.15, -0.1) is 0 Å². The zero-order valence-corrected chi connectivity index (χ0v) is 11.3. The Morgan fingerprint density at radius 2 is 1.58 bits per heavy atom. The Labute approximate surface area is 113 Å². The summed E-state index contributed by atoms with van der Waals surface area (Å²) in [5, 5.41) is 18.3. The fourth-order valence-electron chi connectivity index (χ4n) is 3.29. The van der Waals surface area contributed by atoms with Crippen molar-refractivity contribution in [1.29, 1.82) is 0 Å². The summed E-state index contributed by atoms with van der Waals surface area (Å²) in [6.45, 7) is 1.50. The molecular formula is C14H23NO4. The Balaban J connectivity index is 1.96. The predicted molar refractivity (Wildman–Crippen MR) is 69.5 cm³/mol. The Morgan fingerprint density at radius 1 is 1.00 bits per heavy atom. The lowest BCUT2D eigenvalue weighted by Crippen LogP contribution is -2.46. The molecule has 1 saturated heterocycles. The number of aliphatic hydroxyl groups is 1. The fraction of sp³-hybridized carbons (Fsp3) is 0.857. The molecule has 0 aromatic heterocycles.